The van der Waals surface area contributed by atoms with Gasteiger partial charge in [0.1, 0.15) is 5.82 Å². The van der Waals surface area contributed by atoms with E-state index in [1.54, 1.807) is 18.3 Å². The topological polar surface area (TPSA) is 85.6 Å². The number of anilines is 1. The number of hydrogen-bond donors (Lipinski definition) is 1. The molecule has 1 amide bonds. The van der Waals surface area contributed by atoms with Gasteiger partial charge in [-0.25, -0.2) is 9.37 Å². The summed E-state index contributed by atoms with van der Waals surface area (Å²) < 4.78 is 14.5. The predicted octanol–water partition coefficient (Wildman–Crippen LogP) is 3.58. The average molecular weight is 427 g/mol. The molecule has 0 saturated heterocycles. The molecule has 2 aromatic heterocycles. The number of halogens is 1. The minimum Gasteiger partial charge on any atom is -0.301 e. The first kappa shape index (κ1) is 19.2. The van der Waals surface area contributed by atoms with Gasteiger partial charge in [0.2, 0.25) is 11.1 Å². The van der Waals surface area contributed by atoms with Gasteiger partial charge in [-0.3, -0.25) is 4.79 Å². The van der Waals surface area contributed by atoms with Gasteiger partial charge in [-0.15, -0.1) is 16.4 Å². The highest BCUT2D eigenvalue weighted by Gasteiger charge is 2.13. The lowest BCUT2D eigenvalue weighted by Crippen LogP contribution is -2.14. The summed E-state index contributed by atoms with van der Waals surface area (Å²) in [6.07, 6.45) is 2.55. The number of aromatic nitrogens is 5. The molecule has 10 heteroatoms. The molecule has 0 radical (unpaired) electrons. The van der Waals surface area contributed by atoms with Crippen LogP contribution in [0, 0.1) is 5.82 Å². The van der Waals surface area contributed by atoms with Crippen LogP contribution in [-0.2, 0) is 11.2 Å². The van der Waals surface area contributed by atoms with E-state index in [1.807, 2.05) is 18.2 Å². The molecule has 4 aromatic rings. The van der Waals surface area contributed by atoms with E-state index < -0.39 is 0 Å². The fraction of sp³-hybridized carbons (Fsp3) is 0.105. The molecule has 4 rings (SSSR count). The standard InChI is InChI=1S/C19H15FN6OS2/c20-14-6-8-15(9-7-14)26-19(23-24-25-26)28-12-17(27)22-18-21-11-16(29-18)10-13-4-2-1-3-5-13/h1-9,11H,10,12H2,(H,21,22,27). The van der Waals surface area contributed by atoms with Gasteiger partial charge in [0.25, 0.3) is 0 Å². The van der Waals surface area contributed by atoms with Gasteiger partial charge in [0, 0.05) is 17.5 Å². The number of thiazole rings is 1. The lowest BCUT2D eigenvalue weighted by Gasteiger charge is -2.04. The Labute approximate surface area is 174 Å². The average Bonchev–Trinajstić information content (AvgIpc) is 3.37. The Bertz CT molecular complexity index is 1100. The summed E-state index contributed by atoms with van der Waals surface area (Å²) >= 11 is 2.63. The van der Waals surface area contributed by atoms with Crippen molar-refractivity contribution in [3.63, 3.8) is 0 Å². The van der Waals surface area contributed by atoms with Crippen molar-refractivity contribution in [1.29, 1.82) is 0 Å². The van der Waals surface area contributed by atoms with Crippen molar-refractivity contribution in [2.24, 2.45) is 0 Å². The van der Waals surface area contributed by atoms with E-state index in [-0.39, 0.29) is 17.5 Å². The third-order valence-electron chi connectivity index (χ3n) is 3.87. The first-order valence-electron chi connectivity index (χ1n) is 8.63. The molecule has 0 saturated carbocycles. The molecule has 0 aliphatic heterocycles. The molecule has 29 heavy (non-hydrogen) atoms. The lowest BCUT2D eigenvalue weighted by atomic mass is 10.1. The van der Waals surface area contributed by atoms with Gasteiger partial charge in [-0.05, 0) is 40.3 Å². The maximum atomic E-state index is 13.1. The maximum absolute atomic E-state index is 13.1. The van der Waals surface area contributed by atoms with Crippen LogP contribution in [0.25, 0.3) is 5.69 Å². The highest BCUT2D eigenvalue weighted by atomic mass is 32.2. The van der Waals surface area contributed by atoms with E-state index in [1.165, 1.54) is 45.5 Å². The molecule has 0 spiro atoms. The lowest BCUT2D eigenvalue weighted by molar-refractivity contribution is -0.113. The summed E-state index contributed by atoms with van der Waals surface area (Å²) in [5.74, 6) is -0.426. The van der Waals surface area contributed by atoms with Crippen molar-refractivity contribution in [2.75, 3.05) is 11.1 Å². The van der Waals surface area contributed by atoms with Crippen molar-refractivity contribution >= 4 is 34.1 Å². The zero-order chi connectivity index (χ0) is 20.1. The Morgan fingerprint density at radius 3 is 2.72 bits per heavy atom. The van der Waals surface area contributed by atoms with Crippen LogP contribution in [0.15, 0.2) is 66.0 Å². The zero-order valence-electron chi connectivity index (χ0n) is 15.0. The van der Waals surface area contributed by atoms with E-state index in [0.717, 1.165) is 11.3 Å². The first-order valence-corrected chi connectivity index (χ1v) is 10.4. The van der Waals surface area contributed by atoms with Crippen LogP contribution in [0.1, 0.15) is 10.4 Å². The molecule has 2 aromatic carbocycles. The van der Waals surface area contributed by atoms with Crippen molar-refractivity contribution in [2.45, 2.75) is 11.6 Å². The van der Waals surface area contributed by atoms with Gasteiger partial charge in [-0.1, -0.05) is 42.1 Å². The molecule has 0 aliphatic rings. The van der Waals surface area contributed by atoms with Gasteiger partial charge >= 0.3 is 0 Å². The minimum atomic E-state index is -0.342. The summed E-state index contributed by atoms with van der Waals surface area (Å²) in [7, 11) is 0. The molecule has 7 nitrogen and oxygen atoms in total. The Morgan fingerprint density at radius 1 is 1.14 bits per heavy atom. The Kier molecular flexibility index (Phi) is 5.92. The SMILES string of the molecule is O=C(CSc1nnnn1-c1ccc(F)cc1)Nc1ncc(Cc2ccccc2)s1. The van der Waals surface area contributed by atoms with Gasteiger partial charge in [0.05, 0.1) is 11.4 Å². The molecule has 0 fully saturated rings. The summed E-state index contributed by atoms with van der Waals surface area (Å²) in [6.45, 7) is 0. The van der Waals surface area contributed by atoms with Crippen LogP contribution < -0.4 is 5.32 Å². The van der Waals surface area contributed by atoms with E-state index in [2.05, 4.69) is 38.0 Å². The summed E-state index contributed by atoms with van der Waals surface area (Å²) in [5.41, 5.74) is 1.81. The Morgan fingerprint density at radius 2 is 1.93 bits per heavy atom. The van der Waals surface area contributed by atoms with Gasteiger partial charge < -0.3 is 5.32 Å². The van der Waals surface area contributed by atoms with E-state index in [9.17, 15) is 9.18 Å². The van der Waals surface area contributed by atoms with Crippen LogP contribution in [-0.4, -0.2) is 36.9 Å². The fourth-order valence-corrected chi connectivity index (χ4v) is 4.10. The molecule has 0 unspecified atom stereocenters. The number of carbonyl (C=O) groups is 1. The third-order valence-corrected chi connectivity index (χ3v) is 5.70. The third kappa shape index (κ3) is 5.04. The zero-order valence-corrected chi connectivity index (χ0v) is 16.7. The summed E-state index contributed by atoms with van der Waals surface area (Å²) in [6, 6.07) is 15.9. The summed E-state index contributed by atoms with van der Waals surface area (Å²) in [4.78, 5) is 17.6. The number of nitrogens with one attached hydrogen (secondary N) is 1. The number of carbonyl (C=O) groups excluding carboxylic acids is 1. The predicted molar refractivity (Wildman–Crippen MR) is 110 cm³/mol. The Hall–Kier alpha value is -3.11. The largest absolute Gasteiger partial charge is 0.301 e. The normalized spacial score (nSPS) is 10.8. The molecule has 146 valence electrons. The fourth-order valence-electron chi connectivity index (χ4n) is 2.54. The van der Waals surface area contributed by atoms with Gasteiger partial charge in [-0.2, -0.15) is 4.68 Å². The highest BCUT2D eigenvalue weighted by molar-refractivity contribution is 7.99. The van der Waals surface area contributed by atoms with Crippen LogP contribution in [0.4, 0.5) is 9.52 Å². The number of nitrogens with zero attached hydrogens (tertiary/aromatic N) is 5. The number of hydrogen-bond acceptors (Lipinski definition) is 7. The van der Waals surface area contributed by atoms with Crippen LogP contribution in [0.3, 0.4) is 0 Å². The second-order valence-corrected chi connectivity index (χ2v) is 8.04. The maximum Gasteiger partial charge on any atom is 0.236 e. The highest BCUT2D eigenvalue weighted by Crippen LogP contribution is 2.22. The van der Waals surface area contributed by atoms with Crippen molar-refractivity contribution < 1.29 is 9.18 Å². The van der Waals surface area contributed by atoms with Crippen LogP contribution >= 0.6 is 23.1 Å². The molecule has 2 heterocycles. The monoisotopic (exact) mass is 426 g/mol. The molecule has 1 N–H and O–H groups in total. The number of tetrazole rings is 1. The van der Waals surface area contributed by atoms with E-state index in [4.69, 9.17) is 0 Å². The number of thioether (sulfide) groups is 1. The Balaban J connectivity index is 1.33. The molecular weight excluding hydrogens is 411 g/mol. The van der Waals surface area contributed by atoms with Crippen molar-refractivity contribution in [1.82, 2.24) is 25.2 Å². The smallest absolute Gasteiger partial charge is 0.236 e. The molecule has 0 bridgehead atoms. The molecular formula is C19H15FN6OS2. The molecule has 0 aliphatic carbocycles. The van der Waals surface area contributed by atoms with E-state index in [0.29, 0.717) is 16.0 Å². The first-order chi connectivity index (χ1) is 14.2. The van der Waals surface area contributed by atoms with Crippen molar-refractivity contribution in [3.8, 4) is 5.69 Å². The van der Waals surface area contributed by atoms with Crippen LogP contribution in [0.2, 0.25) is 0 Å². The van der Waals surface area contributed by atoms with Gasteiger partial charge in [0.15, 0.2) is 5.13 Å². The quantitative estimate of drug-likeness (QED) is 0.455. The number of benzene rings is 2. The second kappa shape index (κ2) is 8.93. The number of amides is 1. The number of rotatable bonds is 7. The molecule has 0 atom stereocenters. The second-order valence-electron chi connectivity index (χ2n) is 5.98. The van der Waals surface area contributed by atoms with Crippen LogP contribution in [0.5, 0.6) is 0 Å². The van der Waals surface area contributed by atoms with Crippen molar-refractivity contribution in [3.05, 3.63) is 77.1 Å². The summed E-state index contributed by atoms with van der Waals surface area (Å²) in [5, 5.41) is 15.2. The van der Waals surface area contributed by atoms with E-state index >= 15 is 0 Å². The minimum absolute atomic E-state index is 0.120.